The molecule has 0 spiro atoms. The molecule has 1 fully saturated rings. The lowest BCUT2D eigenvalue weighted by Gasteiger charge is -2.23. The fourth-order valence-electron chi connectivity index (χ4n) is 2.30. The number of sulfone groups is 1. The highest BCUT2D eigenvalue weighted by atomic mass is 32.2. The predicted octanol–water partition coefficient (Wildman–Crippen LogP) is 0.332. The van der Waals surface area contributed by atoms with Gasteiger partial charge in [0.1, 0.15) is 0 Å². The Morgan fingerprint density at radius 2 is 2.21 bits per heavy atom. The van der Waals surface area contributed by atoms with Crippen molar-refractivity contribution in [3.8, 4) is 6.07 Å². The van der Waals surface area contributed by atoms with E-state index in [0.29, 0.717) is 6.42 Å². The van der Waals surface area contributed by atoms with Gasteiger partial charge in [-0.1, -0.05) is 6.92 Å². The summed E-state index contributed by atoms with van der Waals surface area (Å²) in [4.78, 5) is 0. The Kier molecular flexibility index (Phi) is 2.88. The van der Waals surface area contributed by atoms with Crippen LogP contribution in [-0.4, -0.2) is 31.1 Å². The minimum Gasteiger partial charge on any atom is -0.396 e. The lowest BCUT2D eigenvalue weighted by Crippen LogP contribution is -2.39. The maximum absolute atomic E-state index is 11.6. The largest absolute Gasteiger partial charge is 0.396 e. The summed E-state index contributed by atoms with van der Waals surface area (Å²) < 4.78 is 21.8. The van der Waals surface area contributed by atoms with Gasteiger partial charge in [0.2, 0.25) is 0 Å². The number of nitriles is 1. The third-order valence-electron chi connectivity index (χ3n) is 3.18. The van der Waals surface area contributed by atoms with E-state index < -0.39 is 14.6 Å². The number of aliphatic hydroxyl groups excluding tert-OH is 1. The third-order valence-corrected chi connectivity index (χ3v) is 5.17. The maximum atomic E-state index is 11.6. The predicted molar refractivity (Wildman–Crippen MR) is 52.2 cm³/mol. The molecular formula is C9H15NO3S. The monoisotopic (exact) mass is 217 g/mol. The second-order valence-corrected chi connectivity index (χ2v) is 6.44. The van der Waals surface area contributed by atoms with Crippen molar-refractivity contribution in [3.05, 3.63) is 0 Å². The number of rotatable bonds is 2. The van der Waals surface area contributed by atoms with Crippen molar-refractivity contribution < 1.29 is 13.5 Å². The van der Waals surface area contributed by atoms with Gasteiger partial charge in [-0.05, 0) is 24.7 Å². The normalized spacial score (nSPS) is 38.1. The van der Waals surface area contributed by atoms with Crippen molar-refractivity contribution in [3.63, 3.8) is 0 Å². The average Bonchev–Trinajstić information content (AvgIpc) is 2.42. The molecule has 0 saturated heterocycles. The Labute approximate surface area is 84.5 Å². The Morgan fingerprint density at radius 3 is 2.43 bits per heavy atom. The molecule has 0 bridgehead atoms. The van der Waals surface area contributed by atoms with Gasteiger partial charge in [-0.25, -0.2) is 8.42 Å². The van der Waals surface area contributed by atoms with Crippen LogP contribution in [-0.2, 0) is 9.84 Å². The molecule has 14 heavy (non-hydrogen) atoms. The molecule has 0 aromatic carbocycles. The van der Waals surface area contributed by atoms with E-state index in [4.69, 9.17) is 10.4 Å². The van der Waals surface area contributed by atoms with Crippen molar-refractivity contribution in [1.82, 2.24) is 0 Å². The van der Waals surface area contributed by atoms with E-state index in [1.54, 1.807) is 6.92 Å². The van der Waals surface area contributed by atoms with E-state index in [1.807, 2.05) is 6.07 Å². The lowest BCUT2D eigenvalue weighted by molar-refractivity contribution is 0.226. The molecule has 0 aromatic heterocycles. The maximum Gasteiger partial charge on any atom is 0.166 e. The van der Waals surface area contributed by atoms with Crippen LogP contribution in [0.25, 0.3) is 0 Å². The molecule has 0 amide bonds. The molecule has 0 heterocycles. The Morgan fingerprint density at radius 1 is 1.64 bits per heavy atom. The van der Waals surface area contributed by atoms with Gasteiger partial charge in [-0.15, -0.1) is 0 Å². The number of hydrogen-bond donors (Lipinski definition) is 1. The summed E-state index contributed by atoms with van der Waals surface area (Å²) >= 11 is 0. The first kappa shape index (κ1) is 11.5. The van der Waals surface area contributed by atoms with Gasteiger partial charge in [-0.2, -0.15) is 5.26 Å². The highest BCUT2D eigenvalue weighted by molar-refractivity contribution is 7.92. The van der Waals surface area contributed by atoms with Crippen molar-refractivity contribution in [1.29, 1.82) is 5.26 Å². The molecule has 3 atom stereocenters. The summed E-state index contributed by atoms with van der Waals surface area (Å²) in [5, 5.41) is 18.0. The van der Waals surface area contributed by atoms with E-state index in [9.17, 15) is 8.42 Å². The van der Waals surface area contributed by atoms with E-state index in [0.717, 1.165) is 6.26 Å². The second kappa shape index (κ2) is 3.52. The van der Waals surface area contributed by atoms with Crippen LogP contribution in [0, 0.1) is 23.2 Å². The van der Waals surface area contributed by atoms with Gasteiger partial charge < -0.3 is 5.11 Å². The molecule has 1 saturated carbocycles. The first-order chi connectivity index (χ1) is 6.37. The van der Waals surface area contributed by atoms with Crippen LogP contribution in [0.3, 0.4) is 0 Å². The van der Waals surface area contributed by atoms with Crippen LogP contribution < -0.4 is 0 Å². The van der Waals surface area contributed by atoms with Crippen molar-refractivity contribution in [2.24, 2.45) is 11.8 Å². The molecule has 4 nitrogen and oxygen atoms in total. The molecule has 0 aromatic rings. The Balaban J connectivity index is 3.11. The average molecular weight is 217 g/mol. The summed E-state index contributed by atoms with van der Waals surface area (Å²) in [6, 6.07) is 1.93. The lowest BCUT2D eigenvalue weighted by atomic mass is 9.99. The SMILES string of the molecule is C[C@H]1C[C@@H](CO)C[C@@]1(C#N)S(C)(=O)=O. The van der Waals surface area contributed by atoms with Gasteiger partial charge >= 0.3 is 0 Å². The van der Waals surface area contributed by atoms with Crippen LogP contribution in [0.5, 0.6) is 0 Å². The minimum absolute atomic E-state index is 0.0384. The molecule has 0 radical (unpaired) electrons. The fourth-order valence-corrected chi connectivity index (χ4v) is 3.83. The molecule has 80 valence electrons. The van der Waals surface area contributed by atoms with E-state index in [1.165, 1.54) is 0 Å². The quantitative estimate of drug-likeness (QED) is 0.723. The van der Waals surface area contributed by atoms with Crippen molar-refractivity contribution in [2.45, 2.75) is 24.5 Å². The van der Waals surface area contributed by atoms with Gasteiger partial charge in [0.25, 0.3) is 0 Å². The summed E-state index contributed by atoms with van der Waals surface area (Å²) in [5.41, 5.74) is 0. The molecule has 0 unspecified atom stereocenters. The molecule has 0 aliphatic heterocycles. The fraction of sp³-hybridized carbons (Fsp3) is 0.889. The summed E-state index contributed by atoms with van der Waals surface area (Å²) in [5.74, 6) is -0.251. The first-order valence-electron chi connectivity index (χ1n) is 4.59. The van der Waals surface area contributed by atoms with Gasteiger partial charge in [0.05, 0.1) is 6.07 Å². The minimum atomic E-state index is -3.38. The second-order valence-electron chi connectivity index (χ2n) is 4.16. The molecule has 1 aliphatic rings. The van der Waals surface area contributed by atoms with Gasteiger partial charge in [0.15, 0.2) is 14.6 Å². The van der Waals surface area contributed by atoms with Gasteiger partial charge in [-0.3, -0.25) is 0 Å². The van der Waals surface area contributed by atoms with E-state index >= 15 is 0 Å². The zero-order chi connectivity index (χ0) is 11.0. The van der Waals surface area contributed by atoms with Gasteiger partial charge in [0, 0.05) is 12.9 Å². The standard InChI is InChI=1S/C9H15NO3S/c1-7-3-8(5-11)4-9(7,6-10)14(2,12)13/h7-8,11H,3-5H2,1-2H3/t7-,8+,9-/m0/s1. The summed E-state index contributed by atoms with van der Waals surface area (Å²) in [7, 11) is -3.38. The molecule has 1 N–H and O–H groups in total. The Bertz CT molecular complexity index is 357. The van der Waals surface area contributed by atoms with E-state index in [-0.39, 0.29) is 24.9 Å². The Hall–Kier alpha value is -0.600. The van der Waals surface area contributed by atoms with Crippen molar-refractivity contribution in [2.75, 3.05) is 12.9 Å². The molecule has 5 heteroatoms. The highest BCUT2D eigenvalue weighted by Crippen LogP contribution is 2.44. The number of nitrogens with zero attached hydrogens (tertiary/aromatic N) is 1. The van der Waals surface area contributed by atoms with E-state index in [2.05, 4.69) is 0 Å². The van der Waals surface area contributed by atoms with Crippen LogP contribution in [0.2, 0.25) is 0 Å². The van der Waals surface area contributed by atoms with Crippen LogP contribution >= 0.6 is 0 Å². The molecule has 1 rings (SSSR count). The number of aliphatic hydroxyl groups is 1. The van der Waals surface area contributed by atoms with Crippen LogP contribution in [0.4, 0.5) is 0 Å². The summed E-state index contributed by atoms with van der Waals surface area (Å²) in [6.45, 7) is 1.73. The molecular weight excluding hydrogens is 202 g/mol. The van der Waals surface area contributed by atoms with Crippen LogP contribution in [0.15, 0.2) is 0 Å². The molecule has 1 aliphatic carbocycles. The topological polar surface area (TPSA) is 78.2 Å². The zero-order valence-electron chi connectivity index (χ0n) is 8.40. The third kappa shape index (κ3) is 1.53. The first-order valence-corrected chi connectivity index (χ1v) is 6.48. The summed E-state index contributed by atoms with van der Waals surface area (Å²) in [6.07, 6.45) is 1.98. The number of hydrogen-bond acceptors (Lipinski definition) is 4. The zero-order valence-corrected chi connectivity index (χ0v) is 9.21. The van der Waals surface area contributed by atoms with Crippen molar-refractivity contribution >= 4 is 9.84 Å². The highest BCUT2D eigenvalue weighted by Gasteiger charge is 2.52. The van der Waals surface area contributed by atoms with Crippen LogP contribution in [0.1, 0.15) is 19.8 Å². The smallest absolute Gasteiger partial charge is 0.166 e.